The standard InChI is InChI=1S/C14H14N4O4S/c1-3-12-15-14(17-16-12)23-11(13(19)20)7-9-5-4-8(2)10(6-9)18(21)22/h4-7H,3H2,1-2H3,(H,19,20)(H,15,16,17)/b11-7+. The number of thioether (sulfide) groups is 1. The Hall–Kier alpha value is -2.68. The van der Waals surface area contributed by atoms with E-state index in [9.17, 15) is 20.0 Å². The van der Waals surface area contributed by atoms with Gasteiger partial charge in [0.25, 0.3) is 5.69 Å². The van der Waals surface area contributed by atoms with Crippen molar-refractivity contribution in [2.75, 3.05) is 0 Å². The second-order valence-electron chi connectivity index (χ2n) is 4.64. The molecule has 2 aromatic rings. The summed E-state index contributed by atoms with van der Waals surface area (Å²) < 4.78 is 0. The van der Waals surface area contributed by atoms with E-state index in [1.807, 2.05) is 6.92 Å². The molecule has 9 heteroatoms. The number of nitrogens with zero attached hydrogens (tertiary/aromatic N) is 3. The summed E-state index contributed by atoms with van der Waals surface area (Å²) >= 11 is 0.885. The van der Waals surface area contributed by atoms with Crippen LogP contribution in [-0.2, 0) is 11.2 Å². The molecule has 0 unspecified atom stereocenters. The van der Waals surface area contributed by atoms with Crippen molar-refractivity contribution in [2.24, 2.45) is 0 Å². The van der Waals surface area contributed by atoms with E-state index in [1.165, 1.54) is 12.1 Å². The van der Waals surface area contributed by atoms with Crippen molar-refractivity contribution in [2.45, 2.75) is 25.4 Å². The van der Waals surface area contributed by atoms with Gasteiger partial charge in [-0.3, -0.25) is 15.2 Å². The molecule has 2 N–H and O–H groups in total. The molecule has 8 nitrogen and oxygen atoms in total. The third-order valence-corrected chi connectivity index (χ3v) is 3.86. The fourth-order valence-corrected chi connectivity index (χ4v) is 2.51. The average molecular weight is 334 g/mol. The number of hydrogen-bond donors (Lipinski definition) is 2. The molecule has 0 aliphatic carbocycles. The van der Waals surface area contributed by atoms with E-state index in [1.54, 1.807) is 19.1 Å². The summed E-state index contributed by atoms with van der Waals surface area (Å²) in [5, 5.41) is 27.2. The lowest BCUT2D eigenvalue weighted by atomic mass is 10.1. The molecule has 0 amide bonds. The SMILES string of the molecule is CCc1nc(S/C(=C/c2ccc(C)c([N+](=O)[O-])c2)C(=O)O)n[nH]1. The molecule has 0 radical (unpaired) electrons. The molecule has 0 aliphatic heterocycles. The van der Waals surface area contributed by atoms with E-state index in [4.69, 9.17) is 0 Å². The minimum Gasteiger partial charge on any atom is -0.477 e. The molecular formula is C14H14N4O4S. The van der Waals surface area contributed by atoms with Gasteiger partial charge in [0.2, 0.25) is 5.16 Å². The normalized spacial score (nSPS) is 11.5. The maximum Gasteiger partial charge on any atom is 0.342 e. The first-order chi connectivity index (χ1) is 10.9. The maximum absolute atomic E-state index is 11.4. The number of benzene rings is 1. The summed E-state index contributed by atoms with van der Waals surface area (Å²) in [6, 6.07) is 4.55. The molecule has 0 atom stereocenters. The van der Waals surface area contributed by atoms with E-state index in [0.29, 0.717) is 23.4 Å². The van der Waals surface area contributed by atoms with Gasteiger partial charge in [0.1, 0.15) is 10.7 Å². The third-order valence-electron chi connectivity index (χ3n) is 2.99. The second kappa shape index (κ2) is 7.05. The zero-order chi connectivity index (χ0) is 17.0. The highest BCUT2D eigenvalue weighted by molar-refractivity contribution is 8.04. The van der Waals surface area contributed by atoms with Gasteiger partial charge in [-0.25, -0.2) is 9.78 Å². The van der Waals surface area contributed by atoms with E-state index in [0.717, 1.165) is 11.8 Å². The molecule has 0 fully saturated rings. The lowest BCUT2D eigenvalue weighted by Gasteiger charge is -2.01. The molecule has 0 bridgehead atoms. The number of H-pyrrole nitrogens is 1. The zero-order valence-corrected chi connectivity index (χ0v) is 13.3. The zero-order valence-electron chi connectivity index (χ0n) is 12.4. The lowest BCUT2D eigenvalue weighted by Crippen LogP contribution is -1.98. The van der Waals surface area contributed by atoms with Crippen molar-refractivity contribution in [1.82, 2.24) is 15.2 Å². The van der Waals surface area contributed by atoms with Crippen LogP contribution in [0.25, 0.3) is 6.08 Å². The number of aryl methyl sites for hydroxylation is 2. The number of nitro benzene ring substituents is 1. The number of carboxylic acid groups (broad SMARTS) is 1. The van der Waals surface area contributed by atoms with Crippen LogP contribution >= 0.6 is 11.8 Å². The summed E-state index contributed by atoms with van der Waals surface area (Å²) in [7, 11) is 0. The second-order valence-corrected chi connectivity index (χ2v) is 5.65. The average Bonchev–Trinajstić information content (AvgIpc) is 2.95. The number of nitrogens with one attached hydrogen (secondary N) is 1. The van der Waals surface area contributed by atoms with Gasteiger partial charge in [0.15, 0.2) is 0 Å². The van der Waals surface area contributed by atoms with Crippen LogP contribution in [0.4, 0.5) is 5.69 Å². The molecule has 1 heterocycles. The molecule has 2 rings (SSSR count). The van der Waals surface area contributed by atoms with Crippen molar-refractivity contribution < 1.29 is 14.8 Å². The summed E-state index contributed by atoms with van der Waals surface area (Å²) in [4.78, 5) is 26.0. The number of rotatable bonds is 6. The Bertz CT molecular complexity index is 785. The van der Waals surface area contributed by atoms with Crippen molar-refractivity contribution in [3.05, 3.63) is 50.2 Å². The van der Waals surface area contributed by atoms with Gasteiger partial charge in [-0.15, -0.1) is 5.10 Å². The highest BCUT2D eigenvalue weighted by Crippen LogP contribution is 2.27. The predicted octanol–water partition coefficient (Wildman–Crippen LogP) is 2.80. The van der Waals surface area contributed by atoms with Crippen LogP contribution in [-0.4, -0.2) is 31.2 Å². The highest BCUT2D eigenvalue weighted by atomic mass is 32.2. The molecule has 0 saturated heterocycles. The van der Waals surface area contributed by atoms with Gasteiger partial charge in [0, 0.05) is 18.1 Å². The minimum atomic E-state index is -1.15. The van der Waals surface area contributed by atoms with E-state index in [2.05, 4.69) is 15.2 Å². The highest BCUT2D eigenvalue weighted by Gasteiger charge is 2.15. The molecular weight excluding hydrogens is 320 g/mol. The number of carboxylic acids is 1. The number of aromatic nitrogens is 3. The number of aromatic amines is 1. The van der Waals surface area contributed by atoms with Crippen LogP contribution in [0.3, 0.4) is 0 Å². The monoisotopic (exact) mass is 334 g/mol. The molecule has 0 aliphatic rings. The van der Waals surface area contributed by atoms with Gasteiger partial charge in [0.05, 0.1) is 4.92 Å². The molecule has 120 valence electrons. The van der Waals surface area contributed by atoms with Crippen molar-refractivity contribution in [1.29, 1.82) is 0 Å². The first-order valence-corrected chi connectivity index (χ1v) is 7.51. The summed E-state index contributed by atoms with van der Waals surface area (Å²) in [5.74, 6) is -0.496. The maximum atomic E-state index is 11.4. The molecule has 1 aromatic carbocycles. The number of carbonyl (C=O) groups is 1. The predicted molar refractivity (Wildman–Crippen MR) is 85.1 cm³/mol. The largest absolute Gasteiger partial charge is 0.477 e. The Balaban J connectivity index is 2.33. The van der Waals surface area contributed by atoms with Crippen molar-refractivity contribution >= 4 is 29.5 Å². The molecule has 0 saturated carbocycles. The Kier molecular flexibility index (Phi) is 5.12. The van der Waals surface area contributed by atoms with E-state index < -0.39 is 10.9 Å². The minimum absolute atomic E-state index is 0.0233. The molecule has 0 spiro atoms. The van der Waals surface area contributed by atoms with Crippen LogP contribution in [0.2, 0.25) is 0 Å². The van der Waals surface area contributed by atoms with E-state index >= 15 is 0 Å². The fraction of sp³-hybridized carbons (Fsp3) is 0.214. The third kappa shape index (κ3) is 4.16. The van der Waals surface area contributed by atoms with Crippen LogP contribution in [0, 0.1) is 17.0 Å². The Morgan fingerprint density at radius 1 is 1.52 bits per heavy atom. The fourth-order valence-electron chi connectivity index (χ4n) is 1.78. The smallest absolute Gasteiger partial charge is 0.342 e. The Morgan fingerprint density at radius 2 is 2.26 bits per heavy atom. The summed E-state index contributed by atoms with van der Waals surface area (Å²) in [6.45, 7) is 3.52. The van der Waals surface area contributed by atoms with Gasteiger partial charge >= 0.3 is 5.97 Å². The molecule has 1 aromatic heterocycles. The van der Waals surface area contributed by atoms with E-state index in [-0.39, 0.29) is 15.7 Å². The summed E-state index contributed by atoms with van der Waals surface area (Å²) in [5.41, 5.74) is 0.885. The Labute approximate surface area is 135 Å². The lowest BCUT2D eigenvalue weighted by molar-refractivity contribution is -0.385. The van der Waals surface area contributed by atoms with Gasteiger partial charge in [-0.1, -0.05) is 19.1 Å². The van der Waals surface area contributed by atoms with Crippen molar-refractivity contribution in [3.63, 3.8) is 0 Å². The van der Waals surface area contributed by atoms with Crippen molar-refractivity contribution in [3.8, 4) is 0 Å². The van der Waals surface area contributed by atoms with Gasteiger partial charge in [-0.2, -0.15) is 0 Å². The van der Waals surface area contributed by atoms with Gasteiger partial charge < -0.3 is 5.11 Å². The van der Waals surface area contributed by atoms with Crippen LogP contribution in [0.5, 0.6) is 0 Å². The van der Waals surface area contributed by atoms with Crippen LogP contribution < -0.4 is 0 Å². The van der Waals surface area contributed by atoms with Gasteiger partial charge in [-0.05, 0) is 30.3 Å². The molecule has 23 heavy (non-hydrogen) atoms. The number of nitro groups is 1. The van der Waals surface area contributed by atoms with Crippen LogP contribution in [0.1, 0.15) is 23.9 Å². The first kappa shape index (κ1) is 16.7. The summed E-state index contributed by atoms with van der Waals surface area (Å²) in [6.07, 6.45) is 2.02. The topological polar surface area (TPSA) is 122 Å². The van der Waals surface area contributed by atoms with Crippen LogP contribution in [0.15, 0.2) is 28.3 Å². The number of aliphatic carboxylic acids is 1. The number of hydrogen-bond acceptors (Lipinski definition) is 6. The quantitative estimate of drug-likeness (QED) is 0.360. The first-order valence-electron chi connectivity index (χ1n) is 6.70. The Morgan fingerprint density at radius 3 is 2.83 bits per heavy atom.